The topological polar surface area (TPSA) is 89.9 Å². The summed E-state index contributed by atoms with van der Waals surface area (Å²) in [5.74, 6) is 1.72. The zero-order chi connectivity index (χ0) is 11.7. The first-order valence-electron chi connectivity index (χ1n) is 4.97. The molecule has 3 rings (SSSR count). The molecule has 0 atom stereocenters. The Kier molecular flexibility index (Phi) is 2.37. The summed E-state index contributed by atoms with van der Waals surface area (Å²) in [5, 5.41) is 9.71. The molecule has 3 heterocycles. The Balaban J connectivity index is 1.91. The number of aromatic nitrogens is 3. The molecule has 3 aromatic heterocycles. The third-order valence-electron chi connectivity index (χ3n) is 2.26. The Labute approximate surface area is 100 Å². The summed E-state index contributed by atoms with van der Waals surface area (Å²) in [5.41, 5.74) is 5.64. The molecule has 0 bridgehead atoms. The Morgan fingerprint density at radius 1 is 1.35 bits per heavy atom. The number of nitrogens with one attached hydrogen (secondary N) is 1. The molecule has 0 unspecified atom stereocenters. The lowest BCUT2D eigenvalue weighted by Crippen LogP contribution is -2.04. The van der Waals surface area contributed by atoms with Crippen LogP contribution in [-0.2, 0) is 6.54 Å². The van der Waals surface area contributed by atoms with E-state index >= 15 is 0 Å². The highest BCUT2D eigenvalue weighted by atomic mass is 32.1. The Morgan fingerprint density at radius 2 is 2.29 bits per heavy atom. The quantitative estimate of drug-likeness (QED) is 0.734. The average molecular weight is 247 g/mol. The fourth-order valence-corrected chi connectivity index (χ4v) is 2.28. The molecule has 17 heavy (non-hydrogen) atoms. The first kappa shape index (κ1) is 10.0. The van der Waals surface area contributed by atoms with Crippen molar-refractivity contribution in [2.24, 2.45) is 0 Å². The molecule has 6 nitrogen and oxygen atoms in total. The summed E-state index contributed by atoms with van der Waals surface area (Å²) in [6.45, 7) is 0.515. The van der Waals surface area contributed by atoms with E-state index < -0.39 is 0 Å². The van der Waals surface area contributed by atoms with Crippen molar-refractivity contribution in [2.75, 3.05) is 11.1 Å². The van der Waals surface area contributed by atoms with Gasteiger partial charge in [-0.05, 0) is 11.4 Å². The van der Waals surface area contributed by atoms with Gasteiger partial charge in [-0.25, -0.2) is 4.98 Å². The summed E-state index contributed by atoms with van der Waals surface area (Å²) in [6.07, 6.45) is 1.60. The van der Waals surface area contributed by atoms with Crippen LogP contribution in [0, 0.1) is 0 Å². The molecule has 0 spiro atoms. The van der Waals surface area contributed by atoms with Crippen LogP contribution in [0.2, 0.25) is 0 Å². The van der Waals surface area contributed by atoms with Crippen molar-refractivity contribution in [3.05, 3.63) is 29.5 Å². The minimum Gasteiger partial charge on any atom is -0.368 e. The van der Waals surface area contributed by atoms with Crippen LogP contribution in [0.15, 0.2) is 28.2 Å². The number of hydrogen-bond donors (Lipinski definition) is 2. The van der Waals surface area contributed by atoms with Gasteiger partial charge in [0.25, 0.3) is 0 Å². The summed E-state index contributed by atoms with van der Waals surface area (Å²) >= 11 is 1.53. The van der Waals surface area contributed by atoms with E-state index in [4.69, 9.17) is 10.3 Å². The second kappa shape index (κ2) is 4.02. The van der Waals surface area contributed by atoms with Gasteiger partial charge in [0.1, 0.15) is 10.6 Å². The fraction of sp³-hybridized carbons (Fsp3) is 0.100. The summed E-state index contributed by atoms with van der Waals surface area (Å²) in [7, 11) is 0. The van der Waals surface area contributed by atoms with Crippen LogP contribution in [0.4, 0.5) is 11.8 Å². The Bertz CT molecular complexity index is 633. The lowest BCUT2D eigenvalue weighted by Gasteiger charge is -2.04. The molecule has 3 aromatic rings. The molecule has 0 aliphatic heterocycles. The van der Waals surface area contributed by atoms with E-state index in [-0.39, 0.29) is 5.95 Å². The molecule has 0 fully saturated rings. The minimum atomic E-state index is 0.264. The summed E-state index contributed by atoms with van der Waals surface area (Å²) < 4.78 is 4.99. The van der Waals surface area contributed by atoms with Gasteiger partial charge in [0.05, 0.1) is 18.1 Å². The first-order valence-corrected chi connectivity index (χ1v) is 5.85. The normalized spacial score (nSPS) is 10.8. The Morgan fingerprint density at radius 3 is 3.12 bits per heavy atom. The van der Waals surface area contributed by atoms with E-state index in [1.54, 1.807) is 12.3 Å². The maximum absolute atomic E-state index is 5.64. The lowest BCUT2D eigenvalue weighted by molar-refractivity contribution is 0.388. The van der Waals surface area contributed by atoms with Crippen molar-refractivity contribution < 1.29 is 4.52 Å². The van der Waals surface area contributed by atoms with Crippen LogP contribution >= 0.6 is 11.3 Å². The molecule has 0 aromatic carbocycles. The van der Waals surface area contributed by atoms with Gasteiger partial charge in [0.15, 0.2) is 5.76 Å². The highest BCUT2D eigenvalue weighted by Crippen LogP contribution is 2.25. The van der Waals surface area contributed by atoms with Crippen molar-refractivity contribution in [3.8, 4) is 0 Å². The van der Waals surface area contributed by atoms with Crippen molar-refractivity contribution in [1.29, 1.82) is 0 Å². The smallest absolute Gasteiger partial charge is 0.223 e. The van der Waals surface area contributed by atoms with Crippen molar-refractivity contribution in [2.45, 2.75) is 6.54 Å². The van der Waals surface area contributed by atoms with Crippen LogP contribution in [-0.4, -0.2) is 15.1 Å². The number of nitrogens with zero attached hydrogens (tertiary/aromatic N) is 3. The molecule has 3 N–H and O–H groups in total. The average Bonchev–Trinajstić information content (AvgIpc) is 2.95. The van der Waals surface area contributed by atoms with Gasteiger partial charge in [-0.15, -0.1) is 11.3 Å². The molecule has 0 amide bonds. The molecular weight excluding hydrogens is 238 g/mol. The highest BCUT2D eigenvalue weighted by molar-refractivity contribution is 7.16. The molecule has 0 saturated heterocycles. The van der Waals surface area contributed by atoms with Crippen LogP contribution < -0.4 is 11.1 Å². The van der Waals surface area contributed by atoms with Crippen LogP contribution in [0.25, 0.3) is 10.2 Å². The SMILES string of the molecule is Nc1nc(NCc2ccno2)c2ccsc2n1. The standard InChI is InChI=1S/C10H9N5OS/c11-10-14-8(7-2-4-17-9(7)15-10)12-5-6-1-3-13-16-6/h1-4H,5H2,(H3,11,12,14,15). The summed E-state index contributed by atoms with van der Waals surface area (Å²) in [4.78, 5) is 9.20. The van der Waals surface area contributed by atoms with Crippen molar-refractivity contribution >= 4 is 33.3 Å². The number of anilines is 2. The molecule has 0 aliphatic carbocycles. The third-order valence-corrected chi connectivity index (χ3v) is 3.07. The number of fused-ring (bicyclic) bond motifs is 1. The molecular formula is C10H9N5OS. The van der Waals surface area contributed by atoms with E-state index in [2.05, 4.69) is 20.4 Å². The van der Waals surface area contributed by atoms with E-state index in [0.717, 1.165) is 16.0 Å². The van der Waals surface area contributed by atoms with E-state index in [9.17, 15) is 0 Å². The number of thiophene rings is 1. The lowest BCUT2D eigenvalue weighted by atomic mass is 10.3. The molecule has 0 radical (unpaired) electrons. The number of hydrogen-bond acceptors (Lipinski definition) is 7. The van der Waals surface area contributed by atoms with Crippen molar-refractivity contribution in [3.63, 3.8) is 0 Å². The molecule has 0 aliphatic rings. The number of rotatable bonds is 3. The maximum Gasteiger partial charge on any atom is 0.223 e. The second-order valence-electron chi connectivity index (χ2n) is 3.40. The second-order valence-corrected chi connectivity index (χ2v) is 4.30. The third kappa shape index (κ3) is 1.92. The molecule has 7 heteroatoms. The zero-order valence-corrected chi connectivity index (χ0v) is 9.57. The summed E-state index contributed by atoms with van der Waals surface area (Å²) in [6, 6.07) is 3.75. The van der Waals surface area contributed by atoms with Crippen LogP contribution in [0.3, 0.4) is 0 Å². The Hall–Kier alpha value is -2.15. The monoisotopic (exact) mass is 247 g/mol. The predicted molar refractivity (Wildman–Crippen MR) is 65.7 cm³/mol. The predicted octanol–water partition coefficient (Wildman–Crippen LogP) is 1.87. The van der Waals surface area contributed by atoms with Gasteiger partial charge < -0.3 is 15.6 Å². The largest absolute Gasteiger partial charge is 0.368 e. The molecule has 0 saturated carbocycles. The number of nitrogen functional groups attached to an aromatic ring is 1. The van der Waals surface area contributed by atoms with E-state index in [1.165, 1.54) is 11.3 Å². The maximum atomic E-state index is 5.64. The van der Waals surface area contributed by atoms with Gasteiger partial charge in [0.2, 0.25) is 5.95 Å². The van der Waals surface area contributed by atoms with Gasteiger partial charge >= 0.3 is 0 Å². The minimum absolute atomic E-state index is 0.264. The van der Waals surface area contributed by atoms with E-state index in [1.807, 2.05) is 11.4 Å². The molecule has 86 valence electrons. The fourth-order valence-electron chi connectivity index (χ4n) is 1.51. The van der Waals surface area contributed by atoms with Gasteiger partial charge in [-0.1, -0.05) is 5.16 Å². The van der Waals surface area contributed by atoms with Gasteiger partial charge in [-0.2, -0.15) is 4.98 Å². The first-order chi connectivity index (χ1) is 8.33. The van der Waals surface area contributed by atoms with Crippen LogP contribution in [0.1, 0.15) is 5.76 Å². The van der Waals surface area contributed by atoms with Crippen LogP contribution in [0.5, 0.6) is 0 Å². The van der Waals surface area contributed by atoms with Gasteiger partial charge in [-0.3, -0.25) is 0 Å². The number of nitrogens with two attached hydrogens (primary N) is 1. The van der Waals surface area contributed by atoms with Gasteiger partial charge in [0, 0.05) is 6.07 Å². The zero-order valence-electron chi connectivity index (χ0n) is 8.75. The van der Waals surface area contributed by atoms with Crippen molar-refractivity contribution in [1.82, 2.24) is 15.1 Å². The van der Waals surface area contributed by atoms with E-state index in [0.29, 0.717) is 12.4 Å². The highest BCUT2D eigenvalue weighted by Gasteiger charge is 2.07.